The van der Waals surface area contributed by atoms with E-state index in [0.717, 1.165) is 18.5 Å². The van der Waals surface area contributed by atoms with Crippen molar-refractivity contribution in [3.05, 3.63) is 34.9 Å². The van der Waals surface area contributed by atoms with Gasteiger partial charge in [-0.3, -0.25) is 0 Å². The van der Waals surface area contributed by atoms with Crippen LogP contribution in [0.5, 0.6) is 0 Å². The Labute approximate surface area is 111 Å². The van der Waals surface area contributed by atoms with Crippen LogP contribution in [0.4, 0.5) is 0 Å². The van der Waals surface area contributed by atoms with E-state index in [1.807, 2.05) is 0 Å². The van der Waals surface area contributed by atoms with Crippen LogP contribution in [0.3, 0.4) is 0 Å². The van der Waals surface area contributed by atoms with E-state index < -0.39 is 0 Å². The van der Waals surface area contributed by atoms with Crippen molar-refractivity contribution < 1.29 is 0 Å². The molecule has 1 heteroatoms. The second kappa shape index (κ2) is 5.44. The van der Waals surface area contributed by atoms with E-state index in [9.17, 15) is 0 Å². The van der Waals surface area contributed by atoms with Crippen LogP contribution in [0, 0.1) is 5.92 Å². The van der Waals surface area contributed by atoms with Crippen LogP contribution in [0.1, 0.15) is 55.7 Å². The van der Waals surface area contributed by atoms with Crippen LogP contribution in [-0.4, -0.2) is 6.04 Å². The third-order valence-corrected chi connectivity index (χ3v) is 4.69. The first-order valence-electron chi connectivity index (χ1n) is 7.65. The molecule has 3 rings (SSSR count). The minimum absolute atomic E-state index is 0.752. The molecule has 98 valence electrons. The van der Waals surface area contributed by atoms with E-state index in [1.54, 1.807) is 11.1 Å². The Morgan fingerprint density at radius 1 is 1.11 bits per heavy atom. The number of hydrogen-bond donors (Lipinski definition) is 1. The Kier molecular flexibility index (Phi) is 3.69. The van der Waals surface area contributed by atoms with Crippen molar-refractivity contribution in [2.75, 3.05) is 0 Å². The van der Waals surface area contributed by atoms with Gasteiger partial charge >= 0.3 is 0 Å². The zero-order chi connectivity index (χ0) is 12.4. The summed E-state index contributed by atoms with van der Waals surface area (Å²) in [6, 6.07) is 7.86. The molecular weight excluding hydrogens is 218 g/mol. The predicted molar refractivity (Wildman–Crippen MR) is 76.7 cm³/mol. The minimum Gasteiger partial charge on any atom is -0.310 e. The SMILES string of the molecule is CC1CCCC(NCc2ccc3c(c2)CCC3)C1. The summed E-state index contributed by atoms with van der Waals surface area (Å²) < 4.78 is 0. The van der Waals surface area contributed by atoms with Crippen LogP contribution in [0.2, 0.25) is 0 Å². The van der Waals surface area contributed by atoms with Gasteiger partial charge in [0.15, 0.2) is 0 Å². The minimum atomic E-state index is 0.752. The first-order chi connectivity index (χ1) is 8.81. The number of nitrogens with one attached hydrogen (secondary N) is 1. The maximum atomic E-state index is 3.76. The number of fused-ring (bicyclic) bond motifs is 1. The normalized spacial score (nSPS) is 27.2. The zero-order valence-electron chi connectivity index (χ0n) is 11.5. The van der Waals surface area contributed by atoms with Gasteiger partial charge in [0.05, 0.1) is 0 Å². The van der Waals surface area contributed by atoms with Crippen LogP contribution in [0.25, 0.3) is 0 Å². The monoisotopic (exact) mass is 243 g/mol. The van der Waals surface area contributed by atoms with Crippen LogP contribution >= 0.6 is 0 Å². The molecule has 0 amide bonds. The molecular formula is C17H25N. The molecule has 1 fully saturated rings. The molecule has 2 atom stereocenters. The standard InChI is InChI=1S/C17H25N/c1-13-4-2-7-17(10-13)18-12-14-8-9-15-5-3-6-16(15)11-14/h8-9,11,13,17-18H,2-7,10,12H2,1H3. The highest BCUT2D eigenvalue weighted by Crippen LogP contribution is 2.25. The van der Waals surface area contributed by atoms with Crippen molar-refractivity contribution in [3.8, 4) is 0 Å². The third-order valence-electron chi connectivity index (χ3n) is 4.69. The largest absolute Gasteiger partial charge is 0.310 e. The Balaban J connectivity index is 1.56. The summed E-state index contributed by atoms with van der Waals surface area (Å²) >= 11 is 0. The molecule has 2 aliphatic carbocycles. The average Bonchev–Trinajstić information content (AvgIpc) is 2.84. The molecule has 0 aromatic heterocycles. The number of hydrogen-bond acceptors (Lipinski definition) is 1. The lowest BCUT2D eigenvalue weighted by Crippen LogP contribution is -2.33. The van der Waals surface area contributed by atoms with E-state index in [1.165, 1.54) is 50.5 Å². The highest BCUT2D eigenvalue weighted by molar-refractivity contribution is 5.35. The van der Waals surface area contributed by atoms with Gasteiger partial charge in [-0.25, -0.2) is 0 Å². The fraction of sp³-hybridized carbons (Fsp3) is 0.647. The summed E-state index contributed by atoms with van der Waals surface area (Å²) in [7, 11) is 0. The molecule has 1 saturated carbocycles. The van der Waals surface area contributed by atoms with Gasteiger partial charge in [-0.2, -0.15) is 0 Å². The molecule has 0 radical (unpaired) electrons. The van der Waals surface area contributed by atoms with Crippen molar-refractivity contribution in [2.45, 2.75) is 64.5 Å². The van der Waals surface area contributed by atoms with Crippen molar-refractivity contribution in [3.63, 3.8) is 0 Å². The fourth-order valence-electron chi connectivity index (χ4n) is 3.62. The van der Waals surface area contributed by atoms with E-state index in [2.05, 4.69) is 30.4 Å². The topological polar surface area (TPSA) is 12.0 Å². The second-order valence-corrected chi connectivity index (χ2v) is 6.31. The maximum Gasteiger partial charge on any atom is 0.0208 e. The quantitative estimate of drug-likeness (QED) is 0.850. The molecule has 0 aliphatic heterocycles. The van der Waals surface area contributed by atoms with Gasteiger partial charge in [-0.05, 0) is 54.7 Å². The predicted octanol–water partition coefficient (Wildman–Crippen LogP) is 3.84. The van der Waals surface area contributed by atoms with Crippen molar-refractivity contribution >= 4 is 0 Å². The Bertz CT molecular complexity index is 410. The molecule has 2 unspecified atom stereocenters. The zero-order valence-corrected chi connectivity index (χ0v) is 11.5. The smallest absolute Gasteiger partial charge is 0.0208 e. The highest BCUT2D eigenvalue weighted by atomic mass is 14.9. The summed E-state index contributed by atoms with van der Waals surface area (Å²) in [5.74, 6) is 0.913. The van der Waals surface area contributed by atoms with Crippen LogP contribution in [-0.2, 0) is 19.4 Å². The molecule has 1 N–H and O–H groups in total. The van der Waals surface area contributed by atoms with Gasteiger partial charge in [0, 0.05) is 12.6 Å². The lowest BCUT2D eigenvalue weighted by Gasteiger charge is -2.27. The van der Waals surface area contributed by atoms with Gasteiger partial charge in [0.1, 0.15) is 0 Å². The van der Waals surface area contributed by atoms with E-state index in [0.29, 0.717) is 0 Å². The second-order valence-electron chi connectivity index (χ2n) is 6.31. The van der Waals surface area contributed by atoms with E-state index >= 15 is 0 Å². The molecule has 1 aromatic rings. The molecule has 0 saturated heterocycles. The maximum absolute atomic E-state index is 3.76. The number of benzene rings is 1. The van der Waals surface area contributed by atoms with Gasteiger partial charge in [-0.1, -0.05) is 38.0 Å². The Hall–Kier alpha value is -0.820. The molecule has 0 heterocycles. The molecule has 0 spiro atoms. The summed E-state index contributed by atoms with van der Waals surface area (Å²) in [4.78, 5) is 0. The molecule has 1 aromatic carbocycles. The lowest BCUT2D eigenvalue weighted by atomic mass is 9.87. The van der Waals surface area contributed by atoms with Gasteiger partial charge in [0.2, 0.25) is 0 Å². The summed E-state index contributed by atoms with van der Waals surface area (Å²) in [6.07, 6.45) is 9.51. The average molecular weight is 243 g/mol. The van der Waals surface area contributed by atoms with Crippen LogP contribution < -0.4 is 5.32 Å². The summed E-state index contributed by atoms with van der Waals surface area (Å²) in [5.41, 5.74) is 4.67. The Morgan fingerprint density at radius 2 is 2.00 bits per heavy atom. The first kappa shape index (κ1) is 12.2. The van der Waals surface area contributed by atoms with Crippen molar-refractivity contribution in [2.24, 2.45) is 5.92 Å². The van der Waals surface area contributed by atoms with Gasteiger partial charge in [0.25, 0.3) is 0 Å². The third kappa shape index (κ3) is 2.77. The number of rotatable bonds is 3. The Morgan fingerprint density at radius 3 is 2.89 bits per heavy atom. The van der Waals surface area contributed by atoms with E-state index in [4.69, 9.17) is 0 Å². The van der Waals surface area contributed by atoms with E-state index in [-0.39, 0.29) is 0 Å². The molecule has 2 aliphatic rings. The highest BCUT2D eigenvalue weighted by Gasteiger charge is 2.18. The summed E-state index contributed by atoms with van der Waals surface area (Å²) in [6.45, 7) is 3.45. The number of aryl methyl sites for hydroxylation is 2. The van der Waals surface area contributed by atoms with Crippen LogP contribution in [0.15, 0.2) is 18.2 Å². The van der Waals surface area contributed by atoms with Crippen molar-refractivity contribution in [1.82, 2.24) is 5.32 Å². The van der Waals surface area contributed by atoms with Gasteiger partial charge < -0.3 is 5.32 Å². The molecule has 18 heavy (non-hydrogen) atoms. The summed E-state index contributed by atoms with van der Waals surface area (Å²) in [5, 5.41) is 3.76. The van der Waals surface area contributed by atoms with Crippen molar-refractivity contribution in [1.29, 1.82) is 0 Å². The fourth-order valence-corrected chi connectivity index (χ4v) is 3.62. The molecule has 0 bridgehead atoms. The lowest BCUT2D eigenvalue weighted by molar-refractivity contribution is 0.300. The molecule has 1 nitrogen and oxygen atoms in total. The first-order valence-corrected chi connectivity index (χ1v) is 7.65. The van der Waals surface area contributed by atoms with Gasteiger partial charge in [-0.15, -0.1) is 0 Å².